The summed E-state index contributed by atoms with van der Waals surface area (Å²) in [5.41, 5.74) is 2.29. The van der Waals surface area contributed by atoms with Gasteiger partial charge in [0.2, 0.25) is 5.91 Å². The number of aryl methyl sites for hydroxylation is 1. The quantitative estimate of drug-likeness (QED) is 0.618. The Bertz CT molecular complexity index is 883. The van der Waals surface area contributed by atoms with Crippen molar-refractivity contribution >= 4 is 21.6 Å². The van der Waals surface area contributed by atoms with E-state index >= 15 is 0 Å². The number of nitrogens with zero attached hydrogens (tertiary/aromatic N) is 1. The lowest BCUT2D eigenvalue weighted by Gasteiger charge is -2.26. The number of nitrogens with one attached hydrogen (secondary N) is 1. The van der Waals surface area contributed by atoms with E-state index in [1.165, 1.54) is 16.4 Å². The fraction of sp³-hybridized carbons (Fsp3) is 0.381. The van der Waals surface area contributed by atoms with Crippen LogP contribution in [-0.2, 0) is 19.6 Å². The molecule has 2 aromatic carbocycles. The molecule has 0 fully saturated rings. The number of hydrogen-bond donors (Lipinski definition) is 1. The largest absolute Gasteiger partial charge is 0.382 e. The van der Waals surface area contributed by atoms with Gasteiger partial charge in [0.15, 0.2) is 0 Å². The summed E-state index contributed by atoms with van der Waals surface area (Å²) in [4.78, 5) is 12.6. The fourth-order valence-electron chi connectivity index (χ4n) is 2.76. The number of amides is 1. The first kappa shape index (κ1) is 21.9. The van der Waals surface area contributed by atoms with Gasteiger partial charge >= 0.3 is 0 Å². The van der Waals surface area contributed by atoms with Gasteiger partial charge in [0, 0.05) is 19.8 Å². The van der Waals surface area contributed by atoms with E-state index in [-0.39, 0.29) is 17.3 Å². The second kappa shape index (κ2) is 10.2. The maximum absolute atomic E-state index is 13.3. The molecule has 2 rings (SSSR count). The van der Waals surface area contributed by atoms with Crippen LogP contribution >= 0.6 is 0 Å². The van der Waals surface area contributed by atoms with Crippen LogP contribution in [0.15, 0.2) is 53.4 Å². The van der Waals surface area contributed by atoms with Gasteiger partial charge in [-0.2, -0.15) is 0 Å². The zero-order chi connectivity index (χ0) is 20.6. The molecule has 1 N–H and O–H groups in total. The number of sulfonamides is 1. The molecule has 0 unspecified atom stereocenters. The average molecular weight is 405 g/mol. The van der Waals surface area contributed by atoms with Crippen LogP contribution in [0.1, 0.15) is 24.5 Å². The molecule has 2 aromatic rings. The van der Waals surface area contributed by atoms with E-state index in [9.17, 15) is 13.2 Å². The van der Waals surface area contributed by atoms with Crippen molar-refractivity contribution in [2.24, 2.45) is 0 Å². The minimum absolute atomic E-state index is 0.153. The smallest absolute Gasteiger partial charge is 0.264 e. The van der Waals surface area contributed by atoms with E-state index in [0.29, 0.717) is 31.9 Å². The molecule has 0 aliphatic carbocycles. The number of carbonyl (C=O) groups is 1. The zero-order valence-electron chi connectivity index (χ0n) is 16.6. The maximum atomic E-state index is 13.3. The van der Waals surface area contributed by atoms with Gasteiger partial charge in [0.05, 0.1) is 10.6 Å². The lowest BCUT2D eigenvalue weighted by Crippen LogP contribution is -2.41. The molecule has 1 amide bonds. The standard InChI is InChI=1S/C21H28N2O4S/c1-4-27-15-9-14-22-21(24)16-23(20-13-8-10-17(2)18(20)3)28(25,26)19-11-6-5-7-12-19/h5-8,10-13H,4,9,14-16H2,1-3H3,(H,22,24). The highest BCUT2D eigenvalue weighted by Crippen LogP contribution is 2.28. The number of carbonyl (C=O) groups excluding carboxylic acids is 1. The third-order valence-corrected chi connectivity index (χ3v) is 6.23. The summed E-state index contributed by atoms with van der Waals surface area (Å²) in [6.45, 7) is 7.03. The topological polar surface area (TPSA) is 75.7 Å². The Morgan fingerprint density at radius 1 is 1.07 bits per heavy atom. The molecule has 0 aromatic heterocycles. The normalized spacial score (nSPS) is 11.2. The predicted octanol–water partition coefficient (Wildman–Crippen LogP) is 3.04. The van der Waals surface area contributed by atoms with Crippen molar-refractivity contribution in [3.63, 3.8) is 0 Å². The highest BCUT2D eigenvalue weighted by molar-refractivity contribution is 7.92. The summed E-state index contributed by atoms with van der Waals surface area (Å²) in [7, 11) is -3.88. The van der Waals surface area contributed by atoms with Crippen LogP contribution in [0.25, 0.3) is 0 Å². The molecular weight excluding hydrogens is 376 g/mol. The van der Waals surface area contributed by atoms with Gasteiger partial charge in [-0.15, -0.1) is 0 Å². The number of anilines is 1. The van der Waals surface area contributed by atoms with Crippen molar-refractivity contribution in [1.82, 2.24) is 5.32 Å². The van der Waals surface area contributed by atoms with Gasteiger partial charge in [-0.25, -0.2) is 8.42 Å². The van der Waals surface area contributed by atoms with E-state index in [1.54, 1.807) is 30.3 Å². The molecule has 0 atom stereocenters. The van der Waals surface area contributed by atoms with Crippen LogP contribution in [0, 0.1) is 13.8 Å². The number of rotatable bonds is 10. The summed E-state index contributed by atoms with van der Waals surface area (Å²) in [6, 6.07) is 13.6. The van der Waals surface area contributed by atoms with E-state index in [2.05, 4.69) is 5.32 Å². The van der Waals surface area contributed by atoms with Gasteiger partial charge in [0.1, 0.15) is 6.54 Å². The van der Waals surface area contributed by atoms with Crippen molar-refractivity contribution in [2.75, 3.05) is 30.6 Å². The van der Waals surface area contributed by atoms with Crippen LogP contribution in [-0.4, -0.2) is 40.6 Å². The van der Waals surface area contributed by atoms with Gasteiger partial charge in [-0.3, -0.25) is 9.10 Å². The molecule has 0 radical (unpaired) electrons. The number of hydrogen-bond acceptors (Lipinski definition) is 4. The maximum Gasteiger partial charge on any atom is 0.264 e. The number of ether oxygens (including phenoxy) is 1. The molecule has 0 saturated carbocycles. The van der Waals surface area contributed by atoms with Crippen LogP contribution in [0.2, 0.25) is 0 Å². The summed E-state index contributed by atoms with van der Waals surface area (Å²) in [5.74, 6) is -0.350. The molecule has 152 valence electrons. The third-order valence-electron chi connectivity index (χ3n) is 4.45. The Balaban J connectivity index is 2.27. The second-order valence-electron chi connectivity index (χ2n) is 6.44. The summed E-state index contributed by atoms with van der Waals surface area (Å²) in [6.07, 6.45) is 0.675. The molecule has 0 aliphatic heterocycles. The van der Waals surface area contributed by atoms with E-state index in [4.69, 9.17) is 4.74 Å². The van der Waals surface area contributed by atoms with Crippen molar-refractivity contribution in [3.05, 3.63) is 59.7 Å². The predicted molar refractivity (Wildman–Crippen MR) is 111 cm³/mol. The summed E-state index contributed by atoms with van der Waals surface area (Å²) in [5, 5.41) is 2.77. The minimum atomic E-state index is -3.88. The second-order valence-corrected chi connectivity index (χ2v) is 8.31. The molecule has 0 aliphatic rings. The Labute approximate surface area is 167 Å². The highest BCUT2D eigenvalue weighted by Gasteiger charge is 2.28. The first-order valence-electron chi connectivity index (χ1n) is 9.36. The van der Waals surface area contributed by atoms with Crippen LogP contribution < -0.4 is 9.62 Å². The van der Waals surface area contributed by atoms with E-state index in [0.717, 1.165) is 11.1 Å². The molecule has 28 heavy (non-hydrogen) atoms. The Morgan fingerprint density at radius 3 is 2.46 bits per heavy atom. The molecule has 7 heteroatoms. The summed E-state index contributed by atoms with van der Waals surface area (Å²) >= 11 is 0. The first-order chi connectivity index (χ1) is 13.4. The van der Waals surface area contributed by atoms with Gasteiger partial charge < -0.3 is 10.1 Å². The minimum Gasteiger partial charge on any atom is -0.382 e. The van der Waals surface area contributed by atoms with E-state index in [1.807, 2.05) is 26.8 Å². The lowest BCUT2D eigenvalue weighted by molar-refractivity contribution is -0.119. The molecule has 0 spiro atoms. The summed E-state index contributed by atoms with van der Waals surface area (Å²) < 4.78 is 33.0. The van der Waals surface area contributed by atoms with Gasteiger partial charge in [-0.1, -0.05) is 30.3 Å². The Morgan fingerprint density at radius 2 is 1.79 bits per heavy atom. The molecule has 0 bridgehead atoms. The Hall–Kier alpha value is -2.38. The van der Waals surface area contributed by atoms with Crippen molar-refractivity contribution in [1.29, 1.82) is 0 Å². The first-order valence-corrected chi connectivity index (χ1v) is 10.8. The van der Waals surface area contributed by atoms with Crippen molar-refractivity contribution < 1.29 is 17.9 Å². The van der Waals surface area contributed by atoms with E-state index < -0.39 is 10.0 Å². The van der Waals surface area contributed by atoms with Crippen LogP contribution in [0.5, 0.6) is 0 Å². The van der Waals surface area contributed by atoms with Gasteiger partial charge in [-0.05, 0) is 56.5 Å². The molecular formula is C21H28N2O4S. The lowest BCUT2D eigenvalue weighted by atomic mass is 10.1. The fourth-order valence-corrected chi connectivity index (χ4v) is 4.26. The Kier molecular flexibility index (Phi) is 8.02. The van der Waals surface area contributed by atoms with Crippen LogP contribution in [0.4, 0.5) is 5.69 Å². The van der Waals surface area contributed by atoms with Crippen LogP contribution in [0.3, 0.4) is 0 Å². The zero-order valence-corrected chi connectivity index (χ0v) is 17.5. The number of benzene rings is 2. The van der Waals surface area contributed by atoms with Crippen molar-refractivity contribution in [3.8, 4) is 0 Å². The highest BCUT2D eigenvalue weighted by atomic mass is 32.2. The average Bonchev–Trinajstić information content (AvgIpc) is 2.69. The molecule has 6 nitrogen and oxygen atoms in total. The SMILES string of the molecule is CCOCCCNC(=O)CN(c1cccc(C)c1C)S(=O)(=O)c1ccccc1. The molecule has 0 heterocycles. The van der Waals surface area contributed by atoms with Crippen molar-refractivity contribution in [2.45, 2.75) is 32.1 Å². The van der Waals surface area contributed by atoms with Gasteiger partial charge in [0.25, 0.3) is 10.0 Å². The monoisotopic (exact) mass is 404 g/mol. The molecule has 0 saturated heterocycles. The third kappa shape index (κ3) is 5.56.